The van der Waals surface area contributed by atoms with Crippen LogP contribution in [-0.2, 0) is 6.54 Å². The van der Waals surface area contributed by atoms with Gasteiger partial charge >= 0.3 is 11.6 Å². The molecule has 0 spiro atoms. The minimum atomic E-state index is -0.795. The van der Waals surface area contributed by atoms with Crippen LogP contribution in [0.3, 0.4) is 0 Å². The molecular formula is C27H25F2N8O2+. The second kappa shape index (κ2) is 9.33. The molecule has 6 N–H and O–H groups in total. The van der Waals surface area contributed by atoms with Crippen molar-refractivity contribution in [2.45, 2.75) is 25.4 Å². The number of nitrogens with zero attached hydrogens (tertiary/aromatic N) is 4. The van der Waals surface area contributed by atoms with Crippen LogP contribution in [0.15, 0.2) is 58.4 Å². The molecule has 2 aromatic carbocycles. The van der Waals surface area contributed by atoms with E-state index in [2.05, 4.69) is 24.9 Å². The lowest BCUT2D eigenvalue weighted by molar-refractivity contribution is -0.487. The highest BCUT2D eigenvalue weighted by atomic mass is 19.1. The number of carbonyl (C=O) groups is 1. The van der Waals surface area contributed by atoms with Crippen LogP contribution in [0, 0.1) is 11.6 Å². The quantitative estimate of drug-likeness (QED) is 0.297. The maximum atomic E-state index is 14.6. The molecule has 12 heteroatoms. The molecule has 0 radical (unpaired) electrons. The fourth-order valence-corrected chi connectivity index (χ4v) is 4.94. The molecule has 1 atom stereocenters. The number of aromatic nitrogens is 4. The third-order valence-electron chi connectivity index (χ3n) is 6.94. The van der Waals surface area contributed by atoms with E-state index in [4.69, 9.17) is 5.73 Å². The van der Waals surface area contributed by atoms with Crippen molar-refractivity contribution in [3.8, 4) is 11.4 Å². The van der Waals surface area contributed by atoms with Gasteiger partial charge in [0.05, 0.1) is 29.2 Å². The number of carbonyl (C=O) groups excluding carboxylic acids is 1. The number of H-pyrrole nitrogens is 2. The molecule has 4 aromatic rings. The number of benzene rings is 2. The summed E-state index contributed by atoms with van der Waals surface area (Å²) in [6.07, 6.45) is 2.33. The average molecular weight is 532 g/mol. The van der Waals surface area contributed by atoms with Crippen LogP contribution in [0.4, 0.5) is 20.4 Å². The molecule has 1 amide bonds. The number of imidazole rings is 1. The van der Waals surface area contributed by atoms with E-state index in [1.165, 1.54) is 6.07 Å². The normalized spacial score (nSPS) is 18.4. The molecule has 4 heterocycles. The number of hydrogen-bond acceptors (Lipinski definition) is 6. The summed E-state index contributed by atoms with van der Waals surface area (Å²) in [5.74, 6) is -1.31. The molecule has 6 rings (SSSR count). The molecule has 39 heavy (non-hydrogen) atoms. The number of halogens is 2. The number of amides is 1. The van der Waals surface area contributed by atoms with Crippen LogP contribution in [-0.4, -0.2) is 55.1 Å². The van der Waals surface area contributed by atoms with Crippen LogP contribution in [0.1, 0.15) is 40.5 Å². The SMILES string of the molecule is CC1(N)CCN(C(=O)c2ccc([NH2+]c3ncc4c(n3)-c3[nH]c(=O)[nH]c3C(c3c(F)cccc3F)=NC4)cc2)C1. The van der Waals surface area contributed by atoms with Crippen LogP contribution in [0.2, 0.25) is 0 Å². The van der Waals surface area contributed by atoms with Gasteiger partial charge in [-0.3, -0.25) is 9.79 Å². The molecule has 1 unspecified atom stereocenters. The standard InChI is InChI=1S/C27H24F2N8O2/c1-27(30)9-10-37(13-27)24(38)14-5-7-16(8-6-14)33-25-32-12-15-11-31-21(19-17(28)3-2-4-18(19)29)23-22(20(15)34-25)35-26(39)36-23/h2-8,12H,9-11,13,30H2,1H3,(H,32,33,34)(H2,35,36,39)/p+1. The van der Waals surface area contributed by atoms with E-state index in [9.17, 15) is 18.4 Å². The summed E-state index contributed by atoms with van der Waals surface area (Å²) < 4.78 is 29.2. The van der Waals surface area contributed by atoms with Gasteiger partial charge in [-0.15, -0.1) is 0 Å². The van der Waals surface area contributed by atoms with Gasteiger partial charge in [-0.2, -0.15) is 9.97 Å². The summed E-state index contributed by atoms with van der Waals surface area (Å²) in [4.78, 5) is 45.6. The Kier molecular flexibility index (Phi) is 5.92. The smallest absolute Gasteiger partial charge is 0.331 e. The van der Waals surface area contributed by atoms with E-state index in [1.54, 1.807) is 40.7 Å². The van der Waals surface area contributed by atoms with Gasteiger partial charge in [-0.05, 0) is 37.6 Å². The summed E-state index contributed by atoms with van der Waals surface area (Å²) in [5, 5.41) is 1.73. The minimum absolute atomic E-state index is 0.0179. The molecule has 0 aliphatic carbocycles. The van der Waals surface area contributed by atoms with Crippen molar-refractivity contribution >= 4 is 23.3 Å². The first-order chi connectivity index (χ1) is 18.7. The number of aromatic amines is 2. The predicted octanol–water partition coefficient (Wildman–Crippen LogP) is 1.88. The Labute approximate surface area is 221 Å². The molecule has 10 nitrogen and oxygen atoms in total. The van der Waals surface area contributed by atoms with Gasteiger partial charge in [0.25, 0.3) is 5.91 Å². The van der Waals surface area contributed by atoms with Gasteiger partial charge in [0.2, 0.25) is 0 Å². The van der Waals surface area contributed by atoms with E-state index in [-0.39, 0.29) is 40.7 Å². The molecule has 198 valence electrons. The summed E-state index contributed by atoms with van der Waals surface area (Å²) in [6.45, 7) is 3.14. The molecule has 0 saturated carbocycles. The number of aliphatic imine (C=N–C) groups is 1. The zero-order chi connectivity index (χ0) is 27.3. The lowest BCUT2D eigenvalue weighted by atomic mass is 10.0. The average Bonchev–Trinajstić information content (AvgIpc) is 3.44. The number of hydrogen-bond donors (Lipinski definition) is 4. The number of likely N-dealkylation sites (tertiary alicyclic amines) is 1. The van der Waals surface area contributed by atoms with Crippen LogP contribution in [0.25, 0.3) is 11.4 Å². The number of nitrogens with one attached hydrogen (secondary N) is 2. The van der Waals surface area contributed by atoms with Crippen LogP contribution < -0.4 is 16.7 Å². The second-order valence-corrected chi connectivity index (χ2v) is 10.1. The predicted molar refractivity (Wildman–Crippen MR) is 139 cm³/mol. The fourth-order valence-electron chi connectivity index (χ4n) is 4.94. The summed E-state index contributed by atoms with van der Waals surface area (Å²) in [5.41, 5.74) is 7.59. The van der Waals surface area contributed by atoms with Gasteiger partial charge in [0.15, 0.2) is 0 Å². The highest BCUT2D eigenvalue weighted by molar-refractivity contribution is 6.15. The van der Waals surface area contributed by atoms with E-state index in [0.29, 0.717) is 35.9 Å². The molecule has 2 aromatic heterocycles. The van der Waals surface area contributed by atoms with E-state index >= 15 is 0 Å². The molecular weight excluding hydrogens is 506 g/mol. The van der Waals surface area contributed by atoms with E-state index in [1.807, 2.05) is 6.92 Å². The first kappa shape index (κ1) is 24.8. The molecule has 1 saturated heterocycles. The van der Waals surface area contributed by atoms with Crippen molar-refractivity contribution in [3.05, 3.63) is 93.2 Å². The Bertz CT molecular complexity index is 1670. The van der Waals surface area contributed by atoms with Crippen LogP contribution >= 0.6 is 0 Å². The maximum absolute atomic E-state index is 14.6. The number of rotatable bonds is 4. The Hall–Kier alpha value is -4.55. The Morgan fingerprint density at radius 2 is 1.82 bits per heavy atom. The monoisotopic (exact) mass is 531 g/mol. The third kappa shape index (κ3) is 4.64. The zero-order valence-corrected chi connectivity index (χ0v) is 21.0. The Morgan fingerprint density at radius 1 is 1.10 bits per heavy atom. The highest BCUT2D eigenvalue weighted by Crippen LogP contribution is 2.29. The summed E-state index contributed by atoms with van der Waals surface area (Å²) in [7, 11) is 0. The highest BCUT2D eigenvalue weighted by Gasteiger charge is 2.33. The third-order valence-corrected chi connectivity index (χ3v) is 6.94. The summed E-state index contributed by atoms with van der Waals surface area (Å²) in [6, 6.07) is 10.6. The van der Waals surface area contributed by atoms with Gasteiger partial charge in [0.1, 0.15) is 23.0 Å². The first-order valence-corrected chi connectivity index (χ1v) is 12.4. The number of nitrogens with two attached hydrogens (primary N) is 2. The van der Waals surface area contributed by atoms with Gasteiger partial charge < -0.3 is 20.6 Å². The topological polar surface area (TPSA) is 150 Å². The molecule has 0 bridgehead atoms. The van der Waals surface area contributed by atoms with E-state index < -0.39 is 17.3 Å². The van der Waals surface area contributed by atoms with Crippen molar-refractivity contribution in [2.24, 2.45) is 10.7 Å². The largest absolute Gasteiger partial charge is 0.337 e. The zero-order valence-electron chi connectivity index (χ0n) is 21.0. The number of quaternary nitrogens is 1. The molecule has 2 aliphatic rings. The van der Waals surface area contributed by atoms with Crippen molar-refractivity contribution < 1.29 is 18.9 Å². The van der Waals surface area contributed by atoms with Gasteiger partial charge in [-0.25, -0.2) is 18.9 Å². The lowest BCUT2D eigenvalue weighted by Gasteiger charge is -2.19. The molecule has 1 fully saturated rings. The van der Waals surface area contributed by atoms with Crippen molar-refractivity contribution in [2.75, 3.05) is 13.1 Å². The van der Waals surface area contributed by atoms with Crippen molar-refractivity contribution in [3.63, 3.8) is 0 Å². The van der Waals surface area contributed by atoms with Crippen molar-refractivity contribution in [1.29, 1.82) is 0 Å². The van der Waals surface area contributed by atoms with E-state index in [0.717, 1.165) is 24.2 Å². The Morgan fingerprint density at radius 3 is 2.51 bits per heavy atom. The first-order valence-electron chi connectivity index (χ1n) is 12.4. The second-order valence-electron chi connectivity index (χ2n) is 10.1. The minimum Gasteiger partial charge on any atom is -0.337 e. The lowest BCUT2D eigenvalue weighted by Crippen LogP contribution is -2.72. The maximum Gasteiger partial charge on any atom is 0.331 e. The molecule has 2 aliphatic heterocycles. The summed E-state index contributed by atoms with van der Waals surface area (Å²) >= 11 is 0. The number of fused-ring (bicyclic) bond motifs is 3. The van der Waals surface area contributed by atoms with Gasteiger partial charge in [0, 0.05) is 48.1 Å². The Balaban J connectivity index is 1.28. The van der Waals surface area contributed by atoms with Crippen LogP contribution in [0.5, 0.6) is 0 Å². The van der Waals surface area contributed by atoms with Gasteiger partial charge in [-0.1, -0.05) is 6.07 Å². The van der Waals surface area contributed by atoms with Crippen molar-refractivity contribution in [1.82, 2.24) is 24.8 Å². The fraction of sp³-hybridized carbons (Fsp3) is 0.222.